The maximum atomic E-state index is 15.3. The zero-order chi connectivity index (χ0) is 21.1. The predicted molar refractivity (Wildman–Crippen MR) is 98.2 cm³/mol. The number of rotatable bonds is 3. The van der Waals surface area contributed by atoms with E-state index in [0.717, 1.165) is 6.20 Å². The molecule has 0 radical (unpaired) electrons. The summed E-state index contributed by atoms with van der Waals surface area (Å²) in [6.07, 6.45) is -2.83. The first-order valence-corrected chi connectivity index (χ1v) is 9.30. The van der Waals surface area contributed by atoms with Gasteiger partial charge in [-0.3, -0.25) is 4.79 Å². The summed E-state index contributed by atoms with van der Waals surface area (Å²) in [6.45, 7) is 2.41. The molecular weight excluding hydrogens is 394 g/mol. The Hall–Kier alpha value is -2.62. The third kappa shape index (κ3) is 3.15. The summed E-state index contributed by atoms with van der Waals surface area (Å²) in [5.41, 5.74) is -4.22. The third-order valence-electron chi connectivity index (χ3n) is 5.51. The Morgan fingerprint density at radius 3 is 2.38 bits per heavy atom. The van der Waals surface area contributed by atoms with Gasteiger partial charge < -0.3 is 19.9 Å². The van der Waals surface area contributed by atoms with Crippen molar-refractivity contribution in [1.82, 2.24) is 9.88 Å². The lowest BCUT2D eigenvalue weighted by atomic mass is 9.97. The van der Waals surface area contributed by atoms with Gasteiger partial charge in [0.1, 0.15) is 11.1 Å². The van der Waals surface area contributed by atoms with Crippen LogP contribution in [0.15, 0.2) is 11.0 Å². The minimum absolute atomic E-state index is 0.186. The number of carboxylic acids is 1. The molecular formula is C19H19F4N3O3. The van der Waals surface area contributed by atoms with Gasteiger partial charge >= 0.3 is 12.1 Å². The number of fused-ring (bicyclic) bond motifs is 1. The number of nitrogens with one attached hydrogen (secondary N) is 1. The number of benzene rings is 1. The second-order valence-corrected chi connectivity index (χ2v) is 7.44. The van der Waals surface area contributed by atoms with Crippen molar-refractivity contribution >= 4 is 22.6 Å². The van der Waals surface area contributed by atoms with Crippen molar-refractivity contribution < 1.29 is 27.5 Å². The van der Waals surface area contributed by atoms with Gasteiger partial charge in [0.2, 0.25) is 5.43 Å². The molecule has 1 aromatic carbocycles. The molecule has 0 bridgehead atoms. The number of halogens is 4. The third-order valence-corrected chi connectivity index (χ3v) is 5.51. The lowest BCUT2D eigenvalue weighted by molar-refractivity contribution is -0.136. The number of hydrogen-bond acceptors (Lipinski definition) is 4. The van der Waals surface area contributed by atoms with Crippen LogP contribution in [-0.2, 0) is 6.18 Å². The molecule has 2 aliphatic rings. The number of alkyl halides is 3. The molecule has 1 saturated carbocycles. The van der Waals surface area contributed by atoms with Crippen molar-refractivity contribution in [1.29, 1.82) is 0 Å². The molecule has 1 aliphatic carbocycles. The van der Waals surface area contributed by atoms with Gasteiger partial charge in [-0.2, -0.15) is 13.2 Å². The van der Waals surface area contributed by atoms with Crippen molar-refractivity contribution in [2.45, 2.75) is 32.0 Å². The molecule has 6 nitrogen and oxygen atoms in total. The van der Waals surface area contributed by atoms with Crippen molar-refractivity contribution in [3.63, 3.8) is 0 Å². The molecule has 1 aliphatic heterocycles. The molecule has 4 rings (SSSR count). The standard InChI is InChI=1S/C19H19F4N3O3/c1-9-12-15(26(10-2-3-10)8-11(17(12)27)18(28)29)13(19(21,22)23)16(14(9)20)25-6-4-24-5-7-25/h8,10,24H,2-7H2,1H3,(H,28,29). The van der Waals surface area contributed by atoms with Crippen LogP contribution in [-0.4, -0.2) is 41.8 Å². The summed E-state index contributed by atoms with van der Waals surface area (Å²) >= 11 is 0. The second-order valence-electron chi connectivity index (χ2n) is 7.44. The fraction of sp³-hybridized carbons (Fsp3) is 0.474. The largest absolute Gasteiger partial charge is 0.477 e. The Kier molecular flexibility index (Phi) is 4.56. The Morgan fingerprint density at radius 2 is 1.86 bits per heavy atom. The van der Waals surface area contributed by atoms with Crippen LogP contribution in [0.25, 0.3) is 10.9 Å². The van der Waals surface area contributed by atoms with E-state index in [0.29, 0.717) is 25.9 Å². The molecule has 0 atom stereocenters. The van der Waals surface area contributed by atoms with Crippen LogP contribution in [0.5, 0.6) is 0 Å². The highest BCUT2D eigenvalue weighted by Crippen LogP contribution is 2.47. The van der Waals surface area contributed by atoms with Gasteiger partial charge in [-0.25, -0.2) is 9.18 Å². The maximum absolute atomic E-state index is 15.3. The molecule has 2 aromatic rings. The quantitative estimate of drug-likeness (QED) is 0.757. The Balaban J connectivity index is 2.20. The molecule has 29 heavy (non-hydrogen) atoms. The van der Waals surface area contributed by atoms with Gasteiger partial charge in [-0.05, 0) is 19.8 Å². The summed E-state index contributed by atoms with van der Waals surface area (Å²) in [7, 11) is 0. The fourth-order valence-electron chi connectivity index (χ4n) is 3.99. The first-order valence-electron chi connectivity index (χ1n) is 9.30. The molecule has 0 spiro atoms. The molecule has 0 amide bonds. The number of carbonyl (C=O) groups is 1. The monoisotopic (exact) mass is 413 g/mol. The van der Waals surface area contributed by atoms with Crippen molar-refractivity contribution in [3.05, 3.63) is 38.9 Å². The summed E-state index contributed by atoms with van der Waals surface area (Å²) < 4.78 is 59.3. The van der Waals surface area contributed by atoms with Crippen molar-refractivity contribution in [2.75, 3.05) is 31.1 Å². The molecule has 10 heteroatoms. The van der Waals surface area contributed by atoms with Crippen LogP contribution >= 0.6 is 0 Å². The normalized spacial score (nSPS) is 17.8. The van der Waals surface area contributed by atoms with Crippen LogP contribution in [0.2, 0.25) is 0 Å². The van der Waals surface area contributed by atoms with E-state index in [-0.39, 0.29) is 24.7 Å². The van der Waals surface area contributed by atoms with E-state index in [4.69, 9.17) is 0 Å². The topological polar surface area (TPSA) is 74.6 Å². The van der Waals surface area contributed by atoms with Crippen LogP contribution in [0, 0.1) is 12.7 Å². The highest BCUT2D eigenvalue weighted by Gasteiger charge is 2.43. The van der Waals surface area contributed by atoms with E-state index < -0.39 is 51.1 Å². The summed E-state index contributed by atoms with van der Waals surface area (Å²) in [4.78, 5) is 25.6. The van der Waals surface area contributed by atoms with E-state index in [9.17, 15) is 27.9 Å². The van der Waals surface area contributed by atoms with Gasteiger partial charge in [-0.15, -0.1) is 0 Å². The number of pyridine rings is 1. The smallest absolute Gasteiger partial charge is 0.420 e. The molecule has 1 aromatic heterocycles. The lowest BCUT2D eigenvalue weighted by Gasteiger charge is -2.33. The molecule has 2 heterocycles. The number of aromatic carboxylic acids is 1. The minimum atomic E-state index is -4.93. The number of hydrogen-bond donors (Lipinski definition) is 2. The average molecular weight is 413 g/mol. The number of carboxylic acid groups (broad SMARTS) is 1. The first-order chi connectivity index (χ1) is 13.6. The predicted octanol–water partition coefficient (Wildman–Crippen LogP) is 2.91. The Bertz CT molecular complexity index is 1070. The van der Waals surface area contributed by atoms with Gasteiger partial charge in [-0.1, -0.05) is 0 Å². The summed E-state index contributed by atoms with van der Waals surface area (Å²) in [5, 5.41) is 11.9. The first kappa shape index (κ1) is 19.7. The van der Waals surface area contributed by atoms with E-state index in [1.54, 1.807) is 0 Å². The van der Waals surface area contributed by atoms with Crippen LogP contribution in [0.1, 0.15) is 40.4 Å². The molecule has 2 fully saturated rings. The van der Waals surface area contributed by atoms with Crippen LogP contribution in [0.4, 0.5) is 23.2 Å². The van der Waals surface area contributed by atoms with Gasteiger partial charge in [0.25, 0.3) is 0 Å². The average Bonchev–Trinajstić information content (AvgIpc) is 3.48. The number of aryl methyl sites for hydroxylation is 1. The highest BCUT2D eigenvalue weighted by molar-refractivity contribution is 5.97. The van der Waals surface area contributed by atoms with Gasteiger partial charge in [0.15, 0.2) is 5.82 Å². The number of nitrogens with zero attached hydrogens (tertiary/aromatic N) is 2. The SMILES string of the molecule is Cc1c(F)c(N2CCNCC2)c(C(F)(F)F)c2c1c(=O)c(C(=O)O)cn2C1CC1. The van der Waals surface area contributed by atoms with Crippen molar-refractivity contribution in [2.24, 2.45) is 0 Å². The van der Waals surface area contributed by atoms with E-state index in [1.165, 1.54) is 16.4 Å². The minimum Gasteiger partial charge on any atom is -0.477 e. The Morgan fingerprint density at radius 1 is 1.24 bits per heavy atom. The van der Waals surface area contributed by atoms with Crippen LogP contribution in [0.3, 0.4) is 0 Å². The molecule has 2 N–H and O–H groups in total. The lowest BCUT2D eigenvalue weighted by Crippen LogP contribution is -2.45. The number of anilines is 1. The Labute approximate surface area is 162 Å². The fourth-order valence-corrected chi connectivity index (χ4v) is 3.99. The van der Waals surface area contributed by atoms with E-state index >= 15 is 4.39 Å². The van der Waals surface area contributed by atoms with Crippen molar-refractivity contribution in [3.8, 4) is 0 Å². The highest BCUT2D eigenvalue weighted by atomic mass is 19.4. The second kappa shape index (κ2) is 6.72. The van der Waals surface area contributed by atoms with E-state index in [1.807, 2.05) is 0 Å². The summed E-state index contributed by atoms with van der Waals surface area (Å²) in [6, 6.07) is -0.349. The zero-order valence-electron chi connectivity index (χ0n) is 15.6. The van der Waals surface area contributed by atoms with E-state index in [2.05, 4.69) is 5.32 Å². The zero-order valence-corrected chi connectivity index (χ0v) is 15.6. The van der Waals surface area contributed by atoms with Crippen LogP contribution < -0.4 is 15.6 Å². The molecule has 0 unspecified atom stereocenters. The van der Waals surface area contributed by atoms with Gasteiger partial charge in [0, 0.05) is 44.0 Å². The molecule has 1 saturated heterocycles. The van der Waals surface area contributed by atoms with Gasteiger partial charge in [0.05, 0.1) is 16.6 Å². The number of aromatic nitrogens is 1. The summed E-state index contributed by atoms with van der Waals surface area (Å²) in [5.74, 6) is -2.68. The maximum Gasteiger partial charge on any atom is 0.420 e. The molecule has 156 valence electrons. The number of piperazine rings is 1.